The van der Waals surface area contributed by atoms with Crippen molar-refractivity contribution in [3.05, 3.63) is 0 Å². The van der Waals surface area contributed by atoms with Crippen molar-refractivity contribution in [3.8, 4) is 0 Å². The predicted octanol–water partition coefficient (Wildman–Crippen LogP) is 0.525. The summed E-state index contributed by atoms with van der Waals surface area (Å²) in [4.78, 5) is 2.23. The van der Waals surface area contributed by atoms with Crippen LogP contribution in [0, 0.1) is 0 Å². The van der Waals surface area contributed by atoms with Crippen molar-refractivity contribution >= 4 is 22.5 Å². The maximum absolute atomic E-state index is 2.23. The fourth-order valence-corrected chi connectivity index (χ4v) is 0.847. The van der Waals surface area contributed by atoms with Crippen LogP contribution in [0.4, 0.5) is 0 Å². The third-order valence-corrected chi connectivity index (χ3v) is 1.79. The van der Waals surface area contributed by atoms with E-state index >= 15 is 0 Å². The first-order valence-corrected chi connectivity index (χ1v) is 4.58. The van der Waals surface area contributed by atoms with Crippen LogP contribution in [0.1, 0.15) is 6.42 Å². The molecule has 7 heavy (non-hydrogen) atoms. The molecule has 0 spiro atoms. The molecular formula is C5H12NSn+3. The summed E-state index contributed by atoms with van der Waals surface area (Å²) in [7, 11) is 4.23. The summed E-state index contributed by atoms with van der Waals surface area (Å²) in [6.07, 6.45) is 1.37. The summed E-state index contributed by atoms with van der Waals surface area (Å²) in [5.41, 5.74) is 0. The van der Waals surface area contributed by atoms with Crippen molar-refractivity contribution < 1.29 is 0 Å². The van der Waals surface area contributed by atoms with Gasteiger partial charge in [-0.15, -0.1) is 0 Å². The van der Waals surface area contributed by atoms with E-state index in [2.05, 4.69) is 19.0 Å². The Morgan fingerprint density at radius 2 is 2.00 bits per heavy atom. The van der Waals surface area contributed by atoms with Crippen LogP contribution in [0.2, 0.25) is 4.44 Å². The summed E-state index contributed by atoms with van der Waals surface area (Å²) in [5, 5.41) is 0. The molecule has 0 saturated carbocycles. The Hall–Kier alpha value is 0.759. The van der Waals surface area contributed by atoms with Crippen LogP contribution in [0.15, 0.2) is 0 Å². The van der Waals surface area contributed by atoms with E-state index in [0.29, 0.717) is 0 Å². The van der Waals surface area contributed by atoms with Crippen LogP contribution in [-0.4, -0.2) is 48.1 Å². The van der Waals surface area contributed by atoms with Crippen LogP contribution in [0.25, 0.3) is 0 Å². The van der Waals surface area contributed by atoms with Gasteiger partial charge in [0.05, 0.1) is 0 Å². The molecule has 0 atom stereocenters. The van der Waals surface area contributed by atoms with Crippen LogP contribution < -0.4 is 0 Å². The van der Waals surface area contributed by atoms with Crippen molar-refractivity contribution in [2.45, 2.75) is 10.9 Å². The van der Waals surface area contributed by atoms with Gasteiger partial charge in [-0.3, -0.25) is 0 Å². The number of hydrogen-bond donors (Lipinski definition) is 0. The molecule has 0 unspecified atom stereocenters. The van der Waals surface area contributed by atoms with Crippen LogP contribution in [-0.2, 0) is 0 Å². The molecule has 0 saturated heterocycles. The molecule has 2 heteroatoms. The molecule has 0 radical (unpaired) electrons. The zero-order chi connectivity index (χ0) is 5.70. The molecule has 0 heterocycles. The van der Waals surface area contributed by atoms with Crippen molar-refractivity contribution in [1.29, 1.82) is 0 Å². The van der Waals surface area contributed by atoms with Gasteiger partial charge >= 0.3 is 58.9 Å². The Kier molecular flexibility index (Phi) is 5.44. The standard InChI is InChI=1S/C5H12N.Sn/c1-4-5-6(2)3;/h1,4-5H2,2-3H3;/q;+3. The average Bonchev–Trinajstić information content (AvgIpc) is 1.61. The van der Waals surface area contributed by atoms with E-state index in [-0.39, 0.29) is 0 Å². The monoisotopic (exact) mass is 206 g/mol. The van der Waals surface area contributed by atoms with E-state index in [1.165, 1.54) is 17.4 Å². The summed E-state index contributed by atoms with van der Waals surface area (Å²) in [6.45, 7) is 1.26. The Bertz CT molecular complexity index is 37.1. The fourth-order valence-electron chi connectivity index (χ4n) is 0.395. The van der Waals surface area contributed by atoms with Gasteiger partial charge in [0.1, 0.15) is 0 Å². The van der Waals surface area contributed by atoms with E-state index in [1.807, 2.05) is 0 Å². The van der Waals surface area contributed by atoms with Gasteiger partial charge in [0.15, 0.2) is 0 Å². The van der Waals surface area contributed by atoms with E-state index in [9.17, 15) is 0 Å². The second-order valence-corrected chi connectivity index (χ2v) is 3.33. The molecule has 0 aliphatic rings. The van der Waals surface area contributed by atoms with Crippen molar-refractivity contribution in [1.82, 2.24) is 4.90 Å². The Morgan fingerprint density at radius 3 is 2.14 bits per heavy atom. The number of hydrogen-bond acceptors (Lipinski definition) is 1. The first-order chi connectivity index (χ1) is 3.27. The molecule has 0 aromatic heterocycles. The maximum atomic E-state index is 2.23. The molecule has 0 aromatic rings. The van der Waals surface area contributed by atoms with E-state index < -0.39 is 0 Å². The predicted molar refractivity (Wildman–Crippen MR) is 33.7 cm³/mol. The molecule has 0 bridgehead atoms. The molecule has 38 valence electrons. The summed E-state index contributed by atoms with van der Waals surface area (Å²) >= 11 is 1.66. The van der Waals surface area contributed by atoms with Crippen LogP contribution >= 0.6 is 0 Å². The third kappa shape index (κ3) is 6.76. The Labute approximate surface area is 59.2 Å². The third-order valence-electron chi connectivity index (χ3n) is 0.782. The fraction of sp³-hybridized carbons (Fsp3) is 1.00. The van der Waals surface area contributed by atoms with E-state index in [0.717, 1.165) is 0 Å². The zero-order valence-electron chi connectivity index (χ0n) is 5.07. The summed E-state index contributed by atoms with van der Waals surface area (Å²) in [5.74, 6) is 0. The second-order valence-electron chi connectivity index (χ2n) is 1.91. The van der Waals surface area contributed by atoms with Crippen LogP contribution in [0.3, 0.4) is 0 Å². The summed E-state index contributed by atoms with van der Waals surface area (Å²) < 4.78 is 1.39. The minimum atomic E-state index is 1.26. The first kappa shape index (κ1) is 7.76. The molecule has 0 fully saturated rings. The van der Waals surface area contributed by atoms with Crippen molar-refractivity contribution in [3.63, 3.8) is 0 Å². The van der Waals surface area contributed by atoms with E-state index in [4.69, 9.17) is 0 Å². The number of rotatable bonds is 3. The Morgan fingerprint density at radius 1 is 1.43 bits per heavy atom. The molecule has 0 amide bonds. The molecule has 0 N–H and O–H groups in total. The quantitative estimate of drug-likeness (QED) is 0.607. The van der Waals surface area contributed by atoms with Gasteiger partial charge in [-0.1, -0.05) is 0 Å². The second kappa shape index (κ2) is 4.91. The molecular weight excluding hydrogens is 193 g/mol. The van der Waals surface area contributed by atoms with Crippen LogP contribution in [0.5, 0.6) is 0 Å². The molecule has 0 aliphatic heterocycles. The van der Waals surface area contributed by atoms with Crippen molar-refractivity contribution in [2.24, 2.45) is 0 Å². The topological polar surface area (TPSA) is 3.24 Å². The Balaban J connectivity index is 2.68. The normalized spacial score (nSPS) is 10.4. The molecule has 0 rings (SSSR count). The SMILES string of the molecule is CN(C)CC[CH2][Sn+3]. The van der Waals surface area contributed by atoms with E-state index in [1.54, 1.807) is 22.5 Å². The zero-order valence-corrected chi connectivity index (χ0v) is 7.92. The molecule has 1 nitrogen and oxygen atoms in total. The van der Waals surface area contributed by atoms with Gasteiger partial charge in [-0.05, 0) is 0 Å². The van der Waals surface area contributed by atoms with Gasteiger partial charge in [0.25, 0.3) is 0 Å². The molecule has 0 aromatic carbocycles. The van der Waals surface area contributed by atoms with Gasteiger partial charge in [-0.25, -0.2) is 0 Å². The van der Waals surface area contributed by atoms with Crippen molar-refractivity contribution in [2.75, 3.05) is 20.6 Å². The van der Waals surface area contributed by atoms with Gasteiger partial charge in [0, 0.05) is 0 Å². The first-order valence-electron chi connectivity index (χ1n) is 2.56. The number of nitrogens with zero attached hydrogens (tertiary/aromatic N) is 1. The average molecular weight is 205 g/mol. The van der Waals surface area contributed by atoms with Gasteiger partial charge in [0.2, 0.25) is 0 Å². The molecule has 0 aliphatic carbocycles. The summed E-state index contributed by atoms with van der Waals surface area (Å²) in [6, 6.07) is 0. The minimum absolute atomic E-state index is 1.26. The van der Waals surface area contributed by atoms with Gasteiger partial charge in [-0.2, -0.15) is 0 Å². The van der Waals surface area contributed by atoms with Gasteiger partial charge < -0.3 is 0 Å².